The van der Waals surface area contributed by atoms with Crippen LogP contribution in [0.1, 0.15) is 16.8 Å². The van der Waals surface area contributed by atoms with Crippen LogP contribution in [0.15, 0.2) is 6.20 Å². The van der Waals surface area contributed by atoms with Crippen LogP contribution in [0.25, 0.3) is 0 Å². The van der Waals surface area contributed by atoms with Gasteiger partial charge in [0.05, 0.1) is 0 Å². The van der Waals surface area contributed by atoms with Crippen molar-refractivity contribution >= 4 is 23.1 Å². The number of thioether (sulfide) groups is 1. The zero-order valence-electron chi connectivity index (χ0n) is 9.66. The first kappa shape index (κ1) is 12.4. The molecule has 1 aromatic heterocycles. The zero-order chi connectivity index (χ0) is 11.2. The normalized spacial score (nSPS) is 21.2. The number of rotatable bonds is 5. The number of hydrogen-bond acceptors (Lipinski definition) is 5. The van der Waals surface area contributed by atoms with Crippen LogP contribution in [0, 0.1) is 0 Å². The van der Waals surface area contributed by atoms with Crippen LogP contribution in [-0.4, -0.2) is 35.6 Å². The Morgan fingerprint density at radius 3 is 3.25 bits per heavy atom. The van der Waals surface area contributed by atoms with Crippen molar-refractivity contribution in [3.8, 4) is 0 Å². The number of hydrogen-bond donors (Lipinski definition) is 2. The topological polar surface area (TPSA) is 37.0 Å². The Balaban J connectivity index is 1.66. The lowest BCUT2D eigenvalue weighted by Gasteiger charge is -2.23. The molecule has 1 aromatic rings. The average Bonchev–Trinajstić information content (AvgIpc) is 2.78. The van der Waals surface area contributed by atoms with E-state index in [9.17, 15) is 0 Å². The van der Waals surface area contributed by atoms with Gasteiger partial charge in [0.25, 0.3) is 0 Å². The summed E-state index contributed by atoms with van der Waals surface area (Å²) in [5.74, 6) is 2.48. The van der Waals surface area contributed by atoms with Gasteiger partial charge in [-0.15, -0.1) is 11.3 Å². The van der Waals surface area contributed by atoms with Crippen molar-refractivity contribution in [3.05, 3.63) is 16.1 Å². The van der Waals surface area contributed by atoms with Crippen LogP contribution in [-0.2, 0) is 13.0 Å². The maximum Gasteiger partial charge on any atom is 0.107 e. The van der Waals surface area contributed by atoms with E-state index in [1.54, 1.807) is 0 Å². The lowest BCUT2D eigenvalue weighted by atomic mass is 10.3. The van der Waals surface area contributed by atoms with Gasteiger partial charge in [0.1, 0.15) is 5.01 Å². The van der Waals surface area contributed by atoms with E-state index in [1.807, 2.05) is 29.3 Å². The van der Waals surface area contributed by atoms with Crippen molar-refractivity contribution in [2.45, 2.75) is 25.9 Å². The third kappa shape index (κ3) is 3.73. The number of aromatic nitrogens is 1. The third-order valence-electron chi connectivity index (χ3n) is 2.62. The van der Waals surface area contributed by atoms with Crippen molar-refractivity contribution in [3.63, 3.8) is 0 Å². The van der Waals surface area contributed by atoms with Crippen LogP contribution < -0.4 is 10.6 Å². The monoisotopic (exact) mass is 257 g/mol. The predicted octanol–water partition coefficient (Wildman–Crippen LogP) is 1.50. The molecule has 2 N–H and O–H groups in total. The van der Waals surface area contributed by atoms with Gasteiger partial charge >= 0.3 is 0 Å². The number of aryl methyl sites for hydroxylation is 1. The van der Waals surface area contributed by atoms with E-state index < -0.39 is 0 Å². The molecule has 1 aliphatic rings. The van der Waals surface area contributed by atoms with Crippen LogP contribution in [0.3, 0.4) is 0 Å². The highest BCUT2D eigenvalue weighted by Crippen LogP contribution is 2.13. The van der Waals surface area contributed by atoms with E-state index in [0.717, 1.165) is 26.1 Å². The summed E-state index contributed by atoms with van der Waals surface area (Å²) in [7, 11) is 0. The van der Waals surface area contributed by atoms with Crippen LogP contribution in [0.4, 0.5) is 0 Å². The Labute approximate surface area is 105 Å². The van der Waals surface area contributed by atoms with Crippen LogP contribution in [0.5, 0.6) is 0 Å². The lowest BCUT2D eigenvalue weighted by molar-refractivity contribution is 0.513. The average molecular weight is 257 g/mol. The molecule has 1 unspecified atom stereocenters. The maximum absolute atomic E-state index is 4.40. The highest BCUT2D eigenvalue weighted by atomic mass is 32.2. The Morgan fingerprint density at radius 2 is 2.56 bits per heavy atom. The van der Waals surface area contributed by atoms with E-state index >= 15 is 0 Å². The van der Waals surface area contributed by atoms with Crippen LogP contribution in [0.2, 0.25) is 0 Å². The third-order valence-corrected chi connectivity index (χ3v) is 4.89. The summed E-state index contributed by atoms with van der Waals surface area (Å²) < 4.78 is 0. The molecule has 0 aromatic carbocycles. The minimum absolute atomic E-state index is 0.629. The van der Waals surface area contributed by atoms with Gasteiger partial charge in [-0.05, 0) is 6.42 Å². The molecular formula is C11H19N3S2. The van der Waals surface area contributed by atoms with Gasteiger partial charge in [0.2, 0.25) is 0 Å². The van der Waals surface area contributed by atoms with Gasteiger partial charge in [-0.1, -0.05) is 6.92 Å². The summed E-state index contributed by atoms with van der Waals surface area (Å²) >= 11 is 3.86. The molecule has 2 rings (SSSR count). The van der Waals surface area contributed by atoms with E-state index in [4.69, 9.17) is 0 Å². The van der Waals surface area contributed by atoms with Gasteiger partial charge in [0, 0.05) is 48.3 Å². The lowest BCUT2D eigenvalue weighted by Crippen LogP contribution is -2.44. The second-order valence-corrected chi connectivity index (χ2v) is 6.28. The molecule has 3 nitrogen and oxygen atoms in total. The van der Waals surface area contributed by atoms with E-state index in [2.05, 4.69) is 22.5 Å². The second kappa shape index (κ2) is 6.59. The predicted molar refractivity (Wildman–Crippen MR) is 72.3 cm³/mol. The smallest absolute Gasteiger partial charge is 0.107 e. The standard InChI is InChI=1S/C11H19N3S2/c1-2-10-6-14-11(16-10)7-12-5-9-8-15-4-3-13-9/h6,9,12-13H,2-5,7-8H2,1H3. The van der Waals surface area contributed by atoms with Crippen molar-refractivity contribution in [1.29, 1.82) is 0 Å². The van der Waals surface area contributed by atoms with Gasteiger partial charge in [-0.25, -0.2) is 4.98 Å². The van der Waals surface area contributed by atoms with Gasteiger partial charge < -0.3 is 10.6 Å². The maximum atomic E-state index is 4.40. The molecule has 0 aliphatic carbocycles. The van der Waals surface area contributed by atoms with Crippen molar-refractivity contribution < 1.29 is 0 Å². The molecule has 0 spiro atoms. The summed E-state index contributed by atoms with van der Waals surface area (Å²) in [4.78, 5) is 5.78. The molecule has 0 amide bonds. The highest BCUT2D eigenvalue weighted by Gasteiger charge is 2.12. The summed E-state index contributed by atoms with van der Waals surface area (Å²) in [5.41, 5.74) is 0. The van der Waals surface area contributed by atoms with Gasteiger partial charge in [-0.3, -0.25) is 0 Å². The summed E-state index contributed by atoms with van der Waals surface area (Å²) in [6, 6.07) is 0.629. The molecule has 90 valence electrons. The summed E-state index contributed by atoms with van der Waals surface area (Å²) in [6.07, 6.45) is 3.09. The Kier molecular flexibility index (Phi) is 5.09. The second-order valence-electron chi connectivity index (χ2n) is 3.93. The molecule has 0 radical (unpaired) electrons. The molecule has 1 saturated heterocycles. The first-order valence-electron chi connectivity index (χ1n) is 5.84. The van der Waals surface area contributed by atoms with E-state index in [0.29, 0.717) is 6.04 Å². The van der Waals surface area contributed by atoms with Crippen molar-refractivity contribution in [1.82, 2.24) is 15.6 Å². The minimum Gasteiger partial charge on any atom is -0.311 e. The molecule has 5 heteroatoms. The SMILES string of the molecule is CCc1cnc(CNCC2CSCCN2)s1. The van der Waals surface area contributed by atoms with Gasteiger partial charge in [0.15, 0.2) is 0 Å². The molecule has 1 atom stereocenters. The number of nitrogens with zero attached hydrogens (tertiary/aromatic N) is 1. The Bertz CT molecular complexity index is 308. The summed E-state index contributed by atoms with van der Waals surface area (Å²) in [6.45, 7) is 5.28. The van der Waals surface area contributed by atoms with E-state index in [-0.39, 0.29) is 0 Å². The molecule has 1 fully saturated rings. The molecule has 0 saturated carbocycles. The molecule has 1 aliphatic heterocycles. The first-order valence-corrected chi connectivity index (χ1v) is 7.81. The van der Waals surface area contributed by atoms with Crippen molar-refractivity contribution in [2.24, 2.45) is 0 Å². The van der Waals surface area contributed by atoms with Crippen molar-refractivity contribution in [2.75, 3.05) is 24.6 Å². The fourth-order valence-corrected chi connectivity index (χ4v) is 3.48. The minimum atomic E-state index is 0.629. The fourth-order valence-electron chi connectivity index (χ4n) is 1.70. The first-order chi connectivity index (χ1) is 7.88. The fraction of sp³-hybridized carbons (Fsp3) is 0.727. The molecule has 16 heavy (non-hydrogen) atoms. The van der Waals surface area contributed by atoms with Crippen LogP contribution >= 0.6 is 23.1 Å². The number of nitrogens with one attached hydrogen (secondary N) is 2. The number of thiazole rings is 1. The summed E-state index contributed by atoms with van der Waals surface area (Å²) in [5, 5.41) is 8.21. The molecular weight excluding hydrogens is 238 g/mol. The highest BCUT2D eigenvalue weighted by molar-refractivity contribution is 7.99. The quantitative estimate of drug-likeness (QED) is 0.838. The Morgan fingerprint density at radius 1 is 1.62 bits per heavy atom. The zero-order valence-corrected chi connectivity index (χ0v) is 11.3. The molecule has 0 bridgehead atoms. The molecule has 2 heterocycles. The largest absolute Gasteiger partial charge is 0.311 e. The van der Waals surface area contributed by atoms with E-state index in [1.165, 1.54) is 21.4 Å². The Hall–Kier alpha value is -0.100. The van der Waals surface area contributed by atoms with Gasteiger partial charge in [-0.2, -0.15) is 11.8 Å².